The fraction of sp³-hybridized carbons (Fsp3) is 0.191. The molecule has 0 bridgehead atoms. The first-order valence-electron chi connectivity index (χ1n) is 34.5. The summed E-state index contributed by atoms with van der Waals surface area (Å²) in [5.74, 6) is 10.4. The minimum atomic E-state index is -1.35. The molecule has 12 aromatic carbocycles. The van der Waals surface area contributed by atoms with Crippen LogP contribution in [0.5, 0.6) is 46.0 Å². The Morgan fingerprint density at radius 1 is 0.266 bits per heavy atom. The van der Waals surface area contributed by atoms with Crippen LogP contribution in [0.4, 0.5) is 0 Å². The van der Waals surface area contributed by atoms with Gasteiger partial charge in [0.25, 0.3) is 0 Å². The number of esters is 4. The van der Waals surface area contributed by atoms with E-state index in [0.717, 1.165) is 43.1 Å². The number of ether oxygens (including phenoxy) is 12. The Labute approximate surface area is 627 Å². The Morgan fingerprint density at radius 3 is 0.771 bits per heavy atom. The predicted octanol–water partition coefficient (Wildman–Crippen LogP) is 12.6. The molecular weight excluding hydrogens is 1390 g/mol. The Hall–Kier alpha value is -13.4. The zero-order valence-corrected chi connectivity index (χ0v) is 58.8. The summed E-state index contributed by atoms with van der Waals surface area (Å²) in [6.07, 6.45) is 16.2. The van der Waals surface area contributed by atoms with Crippen molar-refractivity contribution in [3.8, 4) is 95.4 Å². The summed E-state index contributed by atoms with van der Waals surface area (Å²) in [5.41, 5.74) is 2.03. The summed E-state index contributed by atoms with van der Waals surface area (Å²) in [6, 6.07) is 58.9. The summed E-state index contributed by atoms with van der Waals surface area (Å²) in [7, 11) is 0. The van der Waals surface area contributed by atoms with E-state index in [2.05, 4.69) is 23.7 Å². The number of carbonyl (C=O) groups excluding carboxylic acids is 4. The van der Waals surface area contributed by atoms with Crippen molar-refractivity contribution in [2.75, 3.05) is 79.3 Å². The van der Waals surface area contributed by atoms with Gasteiger partial charge in [-0.2, -0.15) is 0 Å². The number of terminal acetylenes is 4. The van der Waals surface area contributed by atoms with E-state index in [1.54, 1.807) is 206 Å². The quantitative estimate of drug-likeness (QED) is 0.0166. The molecule has 0 aliphatic heterocycles. The number of rotatable bonds is 34. The Kier molecular flexibility index (Phi) is 24.9. The smallest absolute Gasteiger partial charge is 0.338 e. The van der Waals surface area contributed by atoms with Crippen LogP contribution < -0.4 is 37.9 Å². The van der Waals surface area contributed by atoms with Gasteiger partial charge in [-0.1, -0.05) is 96.5 Å². The first-order chi connectivity index (χ1) is 53.1. The van der Waals surface area contributed by atoms with Crippen LogP contribution in [0, 0.1) is 49.4 Å². The topological polar surface area (TPSA) is 260 Å². The van der Waals surface area contributed by atoms with Crippen molar-refractivity contribution < 1.29 is 96.4 Å². The molecule has 4 N–H and O–H groups in total. The molecule has 0 aromatic heterocycles. The van der Waals surface area contributed by atoms with Gasteiger partial charge >= 0.3 is 23.9 Å². The van der Waals surface area contributed by atoms with Crippen molar-refractivity contribution in [1.82, 2.24) is 0 Å². The SMILES string of the molecule is C#CCOc1ccc2cc(C(=O)OCC(O)COc3ccc4ccc(OCC(O)COC(=O)c5ccc6cc(OCC#C)ccc6c5)c(Cc5c(OCC(O)COC(=O)c6ccc7cc(OCC#C)ccc7c6)ccc6ccc(OCC(O)COC(=O)c7ccc8cc(OCC#C)ccc8c7)cc56)c4c3)ccc2c1. The molecule has 0 saturated heterocycles. The monoisotopic (exact) mass is 1460 g/mol. The average Bonchev–Trinajstić information content (AvgIpc) is 0.771. The molecule has 12 rings (SSSR count). The van der Waals surface area contributed by atoms with Crippen molar-refractivity contribution in [3.05, 3.63) is 240 Å². The minimum absolute atomic E-state index is 0.0104. The Morgan fingerprint density at radius 2 is 0.495 bits per heavy atom. The van der Waals surface area contributed by atoms with Crippen LogP contribution in [-0.4, -0.2) is 148 Å². The van der Waals surface area contributed by atoms with Gasteiger partial charge in [-0.3, -0.25) is 0 Å². The standard InChI is InChI=1S/C89H72O20/c1-5-33-98-74-27-19-58-37-66(13-9-62(58)41-74)86(94)106-52-70(90)48-102-78-25-17-56-23-31-84(104-50-72(92)54-108-88(96)68-15-11-64-43-76(100-35-7-3)29-21-60(64)39-68)82(80(56)45-78)47-83-81-46-79(103-49-71(91)53-107-87(95)67-14-10-63-42-75(99-34-6-2)28-20-59(63)38-67)26-18-57(81)24-32-85(83)105-51-73(93)55-109-89(97)69-16-12-65-44-77(101-36-8-4)30-22-61(65)40-69/h1-4,9-32,37-46,70-73,90-93H,33-36,47-55H2. The molecule has 109 heavy (non-hydrogen) atoms. The third-order valence-corrected chi connectivity index (χ3v) is 17.3. The number of aliphatic hydroxyl groups is 4. The summed E-state index contributed by atoms with van der Waals surface area (Å²) < 4.78 is 70.0. The zero-order valence-electron chi connectivity index (χ0n) is 58.8. The van der Waals surface area contributed by atoms with E-state index in [9.17, 15) is 39.6 Å². The maximum absolute atomic E-state index is 13.5. The van der Waals surface area contributed by atoms with Crippen LogP contribution in [0.2, 0.25) is 0 Å². The molecule has 0 aliphatic rings. The number of fused-ring (bicyclic) bond motifs is 6. The first-order valence-corrected chi connectivity index (χ1v) is 34.5. The Bertz CT molecular complexity index is 5190. The second-order valence-electron chi connectivity index (χ2n) is 25.1. The highest BCUT2D eigenvalue weighted by atomic mass is 16.6. The van der Waals surface area contributed by atoms with Gasteiger partial charge in [-0.15, -0.1) is 25.7 Å². The third-order valence-electron chi connectivity index (χ3n) is 17.3. The highest BCUT2D eigenvalue weighted by Crippen LogP contribution is 2.39. The highest BCUT2D eigenvalue weighted by Gasteiger charge is 2.23. The molecule has 0 spiro atoms. The molecule has 0 amide bonds. The van der Waals surface area contributed by atoms with Gasteiger partial charge in [0.05, 0.1) is 22.3 Å². The first kappa shape index (κ1) is 75.2. The second-order valence-corrected chi connectivity index (χ2v) is 25.1. The molecule has 0 aliphatic carbocycles. The van der Waals surface area contributed by atoms with Gasteiger partial charge in [-0.25, -0.2) is 19.2 Å². The van der Waals surface area contributed by atoms with E-state index in [1.165, 1.54) is 0 Å². The van der Waals surface area contributed by atoms with Gasteiger partial charge in [0, 0.05) is 17.5 Å². The molecule has 0 radical (unpaired) electrons. The second kappa shape index (κ2) is 36.0. The largest absolute Gasteiger partial charge is 0.491 e. The number of aliphatic hydroxyl groups excluding tert-OH is 4. The maximum Gasteiger partial charge on any atom is 0.338 e. The van der Waals surface area contributed by atoms with Gasteiger partial charge < -0.3 is 77.3 Å². The molecule has 12 aromatic rings. The summed E-state index contributed by atoms with van der Waals surface area (Å²) in [6.45, 7) is -2.70. The van der Waals surface area contributed by atoms with E-state index >= 15 is 0 Å². The molecular formula is C89H72O20. The normalized spacial score (nSPS) is 12.1. The number of hydrogen-bond acceptors (Lipinski definition) is 20. The van der Waals surface area contributed by atoms with E-state index in [4.69, 9.17) is 82.5 Å². The lowest BCUT2D eigenvalue weighted by Crippen LogP contribution is -2.26. The molecule has 548 valence electrons. The Balaban J connectivity index is 0.803. The van der Waals surface area contributed by atoms with Crippen molar-refractivity contribution in [1.29, 1.82) is 0 Å². The van der Waals surface area contributed by atoms with E-state index in [1.807, 2.05) is 0 Å². The van der Waals surface area contributed by atoms with Crippen LogP contribution in [0.25, 0.3) is 64.6 Å². The van der Waals surface area contributed by atoms with Crippen LogP contribution in [-0.2, 0) is 25.4 Å². The van der Waals surface area contributed by atoms with Gasteiger partial charge in [0.1, 0.15) is 150 Å². The zero-order chi connectivity index (χ0) is 76.2. The number of benzene rings is 12. The lowest BCUT2D eigenvalue weighted by atomic mass is 9.93. The molecule has 20 nitrogen and oxygen atoms in total. The maximum atomic E-state index is 13.5. The molecule has 20 heteroatoms. The molecule has 4 unspecified atom stereocenters. The lowest BCUT2D eigenvalue weighted by Gasteiger charge is -2.21. The van der Waals surface area contributed by atoms with E-state index in [0.29, 0.717) is 67.2 Å². The fourth-order valence-corrected chi connectivity index (χ4v) is 11.9. The molecule has 0 fully saturated rings. The minimum Gasteiger partial charge on any atom is -0.491 e. The van der Waals surface area contributed by atoms with Crippen molar-refractivity contribution >= 4 is 88.5 Å². The van der Waals surface area contributed by atoms with Crippen molar-refractivity contribution in [3.63, 3.8) is 0 Å². The van der Waals surface area contributed by atoms with E-state index < -0.39 is 74.7 Å². The van der Waals surface area contributed by atoms with Gasteiger partial charge in [-0.05, 0) is 198 Å². The van der Waals surface area contributed by atoms with E-state index in [-0.39, 0.29) is 93.0 Å². The average molecular weight is 1460 g/mol. The highest BCUT2D eigenvalue weighted by molar-refractivity contribution is 5.99. The number of carbonyl (C=O) groups is 4. The van der Waals surface area contributed by atoms with Crippen molar-refractivity contribution in [2.24, 2.45) is 0 Å². The fourth-order valence-electron chi connectivity index (χ4n) is 11.9. The molecule has 0 saturated carbocycles. The summed E-state index contributed by atoms with van der Waals surface area (Å²) in [4.78, 5) is 53.7. The number of hydrogen-bond donors (Lipinski definition) is 4. The summed E-state index contributed by atoms with van der Waals surface area (Å²) in [5, 5.41) is 54.2. The van der Waals surface area contributed by atoms with Crippen LogP contribution in [0.15, 0.2) is 206 Å². The molecule has 4 atom stereocenters. The third kappa shape index (κ3) is 19.7. The molecule has 0 heterocycles. The van der Waals surface area contributed by atoms with Gasteiger partial charge in [0.15, 0.2) is 0 Å². The lowest BCUT2D eigenvalue weighted by molar-refractivity contribution is 0.0127. The van der Waals surface area contributed by atoms with Crippen LogP contribution >= 0.6 is 0 Å². The van der Waals surface area contributed by atoms with Crippen LogP contribution in [0.1, 0.15) is 52.6 Å². The predicted molar refractivity (Wildman–Crippen MR) is 411 cm³/mol. The van der Waals surface area contributed by atoms with Gasteiger partial charge in [0.2, 0.25) is 0 Å². The van der Waals surface area contributed by atoms with Crippen molar-refractivity contribution in [2.45, 2.75) is 30.8 Å². The summed E-state index contributed by atoms with van der Waals surface area (Å²) >= 11 is 0. The van der Waals surface area contributed by atoms with Crippen LogP contribution in [0.3, 0.4) is 0 Å².